The van der Waals surface area contributed by atoms with Gasteiger partial charge < -0.3 is 10.1 Å². The summed E-state index contributed by atoms with van der Waals surface area (Å²) in [7, 11) is 0. The minimum atomic E-state index is 0.515. The summed E-state index contributed by atoms with van der Waals surface area (Å²) in [6, 6.07) is 7.30. The Kier molecular flexibility index (Phi) is 6.56. The smallest absolute Gasteiger partial charge is 0.122 e. The molecule has 1 aliphatic carbocycles. The zero-order valence-electron chi connectivity index (χ0n) is 14.0. The fourth-order valence-corrected chi connectivity index (χ4v) is 3.11. The standard InChI is InChI=1S/C19H31NO/c1-15(2)18-11-10-16(3)14-19(18)21-13-7-12-20-17-8-5-4-6-9-17/h10-11,14-15,17,20H,4-9,12-13H2,1-3H3. The molecule has 21 heavy (non-hydrogen) atoms. The van der Waals surface area contributed by atoms with Crippen molar-refractivity contribution in [3.8, 4) is 5.75 Å². The normalized spacial score (nSPS) is 16.4. The van der Waals surface area contributed by atoms with E-state index in [0.29, 0.717) is 5.92 Å². The van der Waals surface area contributed by atoms with Crippen LogP contribution in [0.15, 0.2) is 18.2 Å². The molecule has 0 heterocycles. The number of nitrogens with one attached hydrogen (secondary N) is 1. The summed E-state index contributed by atoms with van der Waals surface area (Å²) in [6.07, 6.45) is 8.02. The van der Waals surface area contributed by atoms with Crippen LogP contribution in [0.25, 0.3) is 0 Å². The first kappa shape index (κ1) is 16.4. The maximum absolute atomic E-state index is 6.03. The van der Waals surface area contributed by atoms with E-state index in [4.69, 9.17) is 4.74 Å². The lowest BCUT2D eigenvalue weighted by Crippen LogP contribution is -2.32. The van der Waals surface area contributed by atoms with Crippen LogP contribution in [0.4, 0.5) is 0 Å². The Labute approximate surface area is 130 Å². The van der Waals surface area contributed by atoms with E-state index in [9.17, 15) is 0 Å². The summed E-state index contributed by atoms with van der Waals surface area (Å²) in [5.74, 6) is 1.59. The summed E-state index contributed by atoms with van der Waals surface area (Å²) < 4.78 is 6.03. The van der Waals surface area contributed by atoms with Crippen LogP contribution in [0.3, 0.4) is 0 Å². The summed E-state index contributed by atoms with van der Waals surface area (Å²) in [5.41, 5.74) is 2.59. The van der Waals surface area contributed by atoms with Crippen molar-refractivity contribution >= 4 is 0 Å². The van der Waals surface area contributed by atoms with Gasteiger partial charge in [-0.2, -0.15) is 0 Å². The summed E-state index contributed by atoms with van der Waals surface area (Å²) in [5, 5.41) is 3.68. The molecule has 118 valence electrons. The first-order valence-electron chi connectivity index (χ1n) is 8.63. The van der Waals surface area contributed by atoms with Crippen LogP contribution in [0.5, 0.6) is 5.75 Å². The third-order valence-electron chi connectivity index (χ3n) is 4.41. The number of hydrogen-bond donors (Lipinski definition) is 1. The molecule has 0 bridgehead atoms. The van der Waals surface area contributed by atoms with Gasteiger partial charge in [0.25, 0.3) is 0 Å². The van der Waals surface area contributed by atoms with Gasteiger partial charge in [0.15, 0.2) is 0 Å². The maximum Gasteiger partial charge on any atom is 0.122 e. The summed E-state index contributed by atoms with van der Waals surface area (Å²) >= 11 is 0. The maximum atomic E-state index is 6.03. The molecule has 1 saturated carbocycles. The predicted molar refractivity (Wildman–Crippen MR) is 90.3 cm³/mol. The molecular weight excluding hydrogens is 258 g/mol. The topological polar surface area (TPSA) is 21.3 Å². The first-order chi connectivity index (χ1) is 10.2. The second-order valence-electron chi connectivity index (χ2n) is 6.69. The fourth-order valence-electron chi connectivity index (χ4n) is 3.11. The highest BCUT2D eigenvalue weighted by Gasteiger charge is 2.12. The number of rotatable bonds is 7. The van der Waals surface area contributed by atoms with Gasteiger partial charge in [-0.1, -0.05) is 45.2 Å². The lowest BCUT2D eigenvalue weighted by molar-refractivity contribution is 0.293. The quantitative estimate of drug-likeness (QED) is 0.727. The Morgan fingerprint density at radius 3 is 2.67 bits per heavy atom. The van der Waals surface area contributed by atoms with E-state index in [1.165, 1.54) is 43.2 Å². The average Bonchev–Trinajstić information content (AvgIpc) is 2.48. The van der Waals surface area contributed by atoms with Crippen LogP contribution in [-0.4, -0.2) is 19.2 Å². The van der Waals surface area contributed by atoms with Gasteiger partial charge in [0.1, 0.15) is 5.75 Å². The molecule has 0 amide bonds. The van der Waals surface area contributed by atoms with E-state index in [2.05, 4.69) is 44.3 Å². The zero-order valence-corrected chi connectivity index (χ0v) is 14.0. The lowest BCUT2D eigenvalue weighted by atomic mass is 9.95. The molecule has 2 nitrogen and oxygen atoms in total. The van der Waals surface area contributed by atoms with E-state index in [0.717, 1.165) is 31.4 Å². The summed E-state index contributed by atoms with van der Waals surface area (Å²) in [4.78, 5) is 0. The van der Waals surface area contributed by atoms with Crippen LogP contribution < -0.4 is 10.1 Å². The average molecular weight is 289 g/mol. The molecule has 0 unspecified atom stereocenters. The summed E-state index contributed by atoms with van der Waals surface area (Å²) in [6.45, 7) is 8.46. The molecule has 2 rings (SSSR count). The largest absolute Gasteiger partial charge is 0.493 e. The van der Waals surface area contributed by atoms with Crippen molar-refractivity contribution in [1.82, 2.24) is 5.32 Å². The molecule has 0 aliphatic heterocycles. The molecule has 1 aromatic rings. The molecule has 1 N–H and O–H groups in total. The van der Waals surface area contributed by atoms with Crippen LogP contribution in [0.1, 0.15) is 69.4 Å². The first-order valence-corrected chi connectivity index (χ1v) is 8.63. The second-order valence-corrected chi connectivity index (χ2v) is 6.69. The molecule has 2 heteroatoms. The zero-order chi connectivity index (χ0) is 15.1. The third kappa shape index (κ3) is 5.35. The van der Waals surface area contributed by atoms with E-state index in [1.807, 2.05) is 0 Å². The van der Waals surface area contributed by atoms with Gasteiger partial charge in [-0.25, -0.2) is 0 Å². The molecule has 1 fully saturated rings. The van der Waals surface area contributed by atoms with Crippen molar-refractivity contribution in [2.75, 3.05) is 13.2 Å². The highest BCUT2D eigenvalue weighted by atomic mass is 16.5. The number of aryl methyl sites for hydroxylation is 1. The van der Waals surface area contributed by atoms with E-state index < -0.39 is 0 Å². The fraction of sp³-hybridized carbons (Fsp3) is 0.684. The van der Waals surface area contributed by atoms with Crippen LogP contribution >= 0.6 is 0 Å². The van der Waals surface area contributed by atoms with E-state index >= 15 is 0 Å². The van der Waals surface area contributed by atoms with Gasteiger partial charge in [-0.05, 0) is 55.8 Å². The molecule has 1 aliphatic rings. The van der Waals surface area contributed by atoms with Crippen molar-refractivity contribution in [2.45, 2.75) is 71.3 Å². The van der Waals surface area contributed by atoms with Crippen LogP contribution in [0.2, 0.25) is 0 Å². The van der Waals surface area contributed by atoms with Crippen molar-refractivity contribution in [3.05, 3.63) is 29.3 Å². The van der Waals surface area contributed by atoms with Crippen LogP contribution in [0, 0.1) is 6.92 Å². The Balaban J connectivity index is 1.71. The minimum absolute atomic E-state index is 0.515. The monoisotopic (exact) mass is 289 g/mol. The van der Waals surface area contributed by atoms with Crippen molar-refractivity contribution < 1.29 is 4.74 Å². The minimum Gasteiger partial charge on any atom is -0.493 e. The SMILES string of the molecule is Cc1ccc(C(C)C)c(OCCCNC2CCCCC2)c1. The van der Waals surface area contributed by atoms with E-state index in [-0.39, 0.29) is 0 Å². The van der Waals surface area contributed by atoms with Crippen molar-refractivity contribution in [1.29, 1.82) is 0 Å². The molecule has 0 spiro atoms. The second kappa shape index (κ2) is 8.43. The number of benzene rings is 1. The molecule has 0 saturated heterocycles. The van der Waals surface area contributed by atoms with Gasteiger partial charge in [-0.15, -0.1) is 0 Å². The molecular formula is C19H31NO. The molecule has 0 atom stereocenters. The van der Waals surface area contributed by atoms with Crippen molar-refractivity contribution in [2.24, 2.45) is 0 Å². The number of ether oxygens (including phenoxy) is 1. The van der Waals surface area contributed by atoms with Gasteiger partial charge in [-0.3, -0.25) is 0 Å². The highest BCUT2D eigenvalue weighted by Crippen LogP contribution is 2.27. The van der Waals surface area contributed by atoms with Crippen molar-refractivity contribution in [3.63, 3.8) is 0 Å². The van der Waals surface area contributed by atoms with Gasteiger partial charge in [0.05, 0.1) is 6.61 Å². The molecule has 1 aromatic carbocycles. The third-order valence-corrected chi connectivity index (χ3v) is 4.41. The Morgan fingerprint density at radius 2 is 1.95 bits per heavy atom. The van der Waals surface area contributed by atoms with Gasteiger partial charge in [0.2, 0.25) is 0 Å². The van der Waals surface area contributed by atoms with Gasteiger partial charge >= 0.3 is 0 Å². The Morgan fingerprint density at radius 1 is 1.19 bits per heavy atom. The van der Waals surface area contributed by atoms with Crippen LogP contribution in [-0.2, 0) is 0 Å². The molecule has 0 aromatic heterocycles. The molecule has 0 radical (unpaired) electrons. The lowest BCUT2D eigenvalue weighted by Gasteiger charge is -2.23. The Bertz CT molecular complexity index is 422. The highest BCUT2D eigenvalue weighted by molar-refractivity contribution is 5.39. The predicted octanol–water partition coefficient (Wildman–Crippen LogP) is 4.81. The van der Waals surface area contributed by atoms with Gasteiger partial charge in [0, 0.05) is 6.04 Å². The number of hydrogen-bond acceptors (Lipinski definition) is 2. The van der Waals surface area contributed by atoms with E-state index in [1.54, 1.807) is 0 Å². The Hall–Kier alpha value is -1.02.